The maximum atomic E-state index is 12.2. The van der Waals surface area contributed by atoms with Crippen molar-refractivity contribution in [2.24, 2.45) is 0 Å². The molecule has 0 radical (unpaired) electrons. The number of benzene rings is 1. The van der Waals surface area contributed by atoms with E-state index >= 15 is 0 Å². The Morgan fingerprint density at radius 1 is 1.14 bits per heavy atom. The summed E-state index contributed by atoms with van der Waals surface area (Å²) in [7, 11) is 1.56. The maximum absolute atomic E-state index is 12.2. The fourth-order valence-corrected chi connectivity index (χ4v) is 2.10. The quantitative estimate of drug-likeness (QED) is 0.803. The van der Waals surface area contributed by atoms with Gasteiger partial charge in [-0.1, -0.05) is 30.3 Å². The average molecular weight is 293 g/mol. The number of rotatable bonds is 4. The van der Waals surface area contributed by atoms with Gasteiger partial charge in [-0.3, -0.25) is 4.79 Å². The molecule has 0 aliphatic carbocycles. The monoisotopic (exact) mass is 293 g/mol. The predicted molar refractivity (Wildman–Crippen MR) is 83.7 cm³/mol. The number of nitrogens with one attached hydrogen (secondary N) is 1. The van der Waals surface area contributed by atoms with Crippen molar-refractivity contribution in [2.75, 3.05) is 7.11 Å². The van der Waals surface area contributed by atoms with Crippen molar-refractivity contribution in [3.63, 3.8) is 0 Å². The van der Waals surface area contributed by atoms with E-state index in [2.05, 4.69) is 15.3 Å². The van der Waals surface area contributed by atoms with E-state index in [1.807, 2.05) is 36.4 Å². The molecule has 0 aliphatic heterocycles. The molecule has 0 saturated carbocycles. The van der Waals surface area contributed by atoms with Crippen molar-refractivity contribution in [3.05, 3.63) is 66.0 Å². The minimum atomic E-state index is -0.207. The van der Waals surface area contributed by atoms with E-state index in [1.54, 1.807) is 25.4 Å². The summed E-state index contributed by atoms with van der Waals surface area (Å²) in [6.07, 6.45) is 1.67. The van der Waals surface area contributed by atoms with Gasteiger partial charge in [0, 0.05) is 24.2 Å². The lowest BCUT2D eigenvalue weighted by Gasteiger charge is -2.06. The third-order valence-electron chi connectivity index (χ3n) is 3.29. The van der Waals surface area contributed by atoms with Crippen molar-refractivity contribution in [3.8, 4) is 5.88 Å². The summed E-state index contributed by atoms with van der Waals surface area (Å²) < 4.78 is 5.00. The lowest BCUT2D eigenvalue weighted by Crippen LogP contribution is -2.23. The Balaban J connectivity index is 1.69. The number of carbonyl (C=O) groups is 1. The van der Waals surface area contributed by atoms with Crippen molar-refractivity contribution >= 4 is 16.8 Å². The van der Waals surface area contributed by atoms with E-state index in [0.29, 0.717) is 18.1 Å². The molecule has 2 heterocycles. The van der Waals surface area contributed by atoms with Crippen LogP contribution in [0.15, 0.2) is 54.7 Å². The second kappa shape index (κ2) is 6.22. The molecule has 0 saturated heterocycles. The Morgan fingerprint density at radius 2 is 2.00 bits per heavy atom. The highest BCUT2D eigenvalue weighted by atomic mass is 16.5. The second-order valence-corrected chi connectivity index (χ2v) is 4.78. The van der Waals surface area contributed by atoms with Crippen LogP contribution in [0.4, 0.5) is 0 Å². The van der Waals surface area contributed by atoms with Crippen LogP contribution in [0.3, 0.4) is 0 Å². The number of methoxy groups -OCH3 is 1. The molecule has 0 spiro atoms. The number of hydrogen-bond acceptors (Lipinski definition) is 4. The van der Waals surface area contributed by atoms with Gasteiger partial charge in [-0.05, 0) is 17.7 Å². The van der Waals surface area contributed by atoms with Crippen LogP contribution in [0.2, 0.25) is 0 Å². The number of hydrogen-bond donors (Lipinski definition) is 1. The number of ether oxygens (including phenoxy) is 1. The molecule has 0 bridgehead atoms. The summed E-state index contributed by atoms with van der Waals surface area (Å²) in [5, 5.41) is 3.85. The highest BCUT2D eigenvalue weighted by molar-refractivity contribution is 5.94. The van der Waals surface area contributed by atoms with Gasteiger partial charge in [0.1, 0.15) is 5.69 Å². The standard InChI is InChI=1S/C17H15N3O2/c1-22-16-9-6-12(10-18-16)11-19-17(21)15-8-7-13-4-2-3-5-14(13)20-15/h2-10H,11H2,1H3,(H,19,21). The minimum Gasteiger partial charge on any atom is -0.481 e. The van der Waals surface area contributed by atoms with Crippen LogP contribution in [0.25, 0.3) is 10.9 Å². The fraction of sp³-hybridized carbons (Fsp3) is 0.118. The number of pyridine rings is 2. The number of aromatic nitrogens is 2. The highest BCUT2D eigenvalue weighted by Gasteiger charge is 2.08. The zero-order valence-corrected chi connectivity index (χ0v) is 12.1. The Hall–Kier alpha value is -2.95. The van der Waals surface area contributed by atoms with Gasteiger partial charge in [-0.25, -0.2) is 9.97 Å². The first kappa shape index (κ1) is 14.0. The zero-order chi connectivity index (χ0) is 15.4. The lowest BCUT2D eigenvalue weighted by molar-refractivity contribution is 0.0946. The summed E-state index contributed by atoms with van der Waals surface area (Å²) in [6, 6.07) is 14.9. The van der Waals surface area contributed by atoms with Crippen LogP contribution in [0, 0.1) is 0 Å². The highest BCUT2D eigenvalue weighted by Crippen LogP contribution is 2.12. The van der Waals surface area contributed by atoms with Crippen molar-refractivity contribution in [1.29, 1.82) is 0 Å². The van der Waals surface area contributed by atoms with Gasteiger partial charge in [0.15, 0.2) is 0 Å². The molecule has 0 fully saturated rings. The second-order valence-electron chi connectivity index (χ2n) is 4.78. The molecule has 110 valence electrons. The Morgan fingerprint density at radius 3 is 2.77 bits per heavy atom. The van der Waals surface area contributed by atoms with Gasteiger partial charge in [0.05, 0.1) is 12.6 Å². The number of amides is 1. The van der Waals surface area contributed by atoms with Crippen molar-refractivity contribution < 1.29 is 9.53 Å². The molecule has 1 N–H and O–H groups in total. The topological polar surface area (TPSA) is 64.1 Å². The first-order chi connectivity index (χ1) is 10.8. The molecule has 5 heteroatoms. The van der Waals surface area contributed by atoms with Crippen LogP contribution in [0.5, 0.6) is 5.88 Å². The van der Waals surface area contributed by atoms with E-state index in [1.165, 1.54) is 0 Å². The van der Waals surface area contributed by atoms with Crippen molar-refractivity contribution in [1.82, 2.24) is 15.3 Å². The summed E-state index contributed by atoms with van der Waals surface area (Å²) >= 11 is 0. The fourth-order valence-electron chi connectivity index (χ4n) is 2.10. The number of nitrogens with zero attached hydrogens (tertiary/aromatic N) is 2. The minimum absolute atomic E-state index is 0.207. The largest absolute Gasteiger partial charge is 0.481 e. The van der Waals surface area contributed by atoms with Crippen LogP contribution in [-0.4, -0.2) is 23.0 Å². The summed E-state index contributed by atoms with van der Waals surface area (Å²) in [4.78, 5) is 20.6. The smallest absolute Gasteiger partial charge is 0.270 e. The molecular weight excluding hydrogens is 278 g/mol. The molecule has 5 nitrogen and oxygen atoms in total. The molecule has 3 rings (SSSR count). The van der Waals surface area contributed by atoms with Crippen LogP contribution in [0.1, 0.15) is 16.1 Å². The predicted octanol–water partition coefficient (Wildman–Crippen LogP) is 2.57. The van der Waals surface area contributed by atoms with Crippen LogP contribution in [-0.2, 0) is 6.54 Å². The van der Waals surface area contributed by atoms with E-state index < -0.39 is 0 Å². The molecule has 0 aliphatic rings. The Labute approximate surface area is 128 Å². The number of carbonyl (C=O) groups excluding carboxylic acids is 1. The summed E-state index contributed by atoms with van der Waals surface area (Å²) in [5.74, 6) is 0.341. The van der Waals surface area contributed by atoms with E-state index in [0.717, 1.165) is 16.5 Å². The van der Waals surface area contributed by atoms with Gasteiger partial charge in [0.25, 0.3) is 5.91 Å². The molecular formula is C17H15N3O2. The third-order valence-corrected chi connectivity index (χ3v) is 3.29. The van der Waals surface area contributed by atoms with Gasteiger partial charge in [-0.2, -0.15) is 0 Å². The van der Waals surface area contributed by atoms with Gasteiger partial charge in [-0.15, -0.1) is 0 Å². The average Bonchev–Trinajstić information content (AvgIpc) is 2.59. The first-order valence-corrected chi connectivity index (χ1v) is 6.89. The van der Waals surface area contributed by atoms with Gasteiger partial charge >= 0.3 is 0 Å². The Kier molecular flexibility index (Phi) is 3.96. The number of fused-ring (bicyclic) bond motifs is 1. The van der Waals surface area contributed by atoms with Crippen LogP contribution < -0.4 is 10.1 Å². The van der Waals surface area contributed by atoms with Gasteiger partial charge < -0.3 is 10.1 Å². The molecule has 1 amide bonds. The summed E-state index contributed by atoms with van der Waals surface area (Å²) in [6.45, 7) is 0.393. The molecule has 0 unspecified atom stereocenters. The molecule has 1 aromatic carbocycles. The maximum Gasteiger partial charge on any atom is 0.270 e. The first-order valence-electron chi connectivity index (χ1n) is 6.89. The molecule has 0 atom stereocenters. The SMILES string of the molecule is COc1ccc(CNC(=O)c2ccc3ccccc3n2)cn1. The lowest BCUT2D eigenvalue weighted by atomic mass is 10.2. The van der Waals surface area contributed by atoms with E-state index in [-0.39, 0.29) is 5.91 Å². The van der Waals surface area contributed by atoms with E-state index in [4.69, 9.17) is 4.74 Å². The zero-order valence-electron chi connectivity index (χ0n) is 12.1. The Bertz CT molecular complexity index is 800. The normalized spacial score (nSPS) is 10.4. The van der Waals surface area contributed by atoms with E-state index in [9.17, 15) is 4.79 Å². The summed E-state index contributed by atoms with van der Waals surface area (Å²) in [5.41, 5.74) is 2.11. The number of para-hydroxylation sites is 1. The van der Waals surface area contributed by atoms with Crippen molar-refractivity contribution in [2.45, 2.75) is 6.54 Å². The van der Waals surface area contributed by atoms with Crippen LogP contribution >= 0.6 is 0 Å². The molecule has 2 aromatic heterocycles. The molecule has 22 heavy (non-hydrogen) atoms. The van der Waals surface area contributed by atoms with Gasteiger partial charge in [0.2, 0.25) is 5.88 Å². The third kappa shape index (κ3) is 3.03. The molecule has 3 aromatic rings.